The summed E-state index contributed by atoms with van der Waals surface area (Å²) >= 11 is 0. The highest BCUT2D eigenvalue weighted by atomic mass is 16.4. The fourth-order valence-electron chi connectivity index (χ4n) is 4.24. The third kappa shape index (κ3) is 2.48. The molecule has 5 heteroatoms. The Hall–Kier alpha value is -1.10. The normalized spacial score (nSPS) is 35.8. The van der Waals surface area contributed by atoms with Crippen LogP contribution < -0.4 is 0 Å². The van der Waals surface area contributed by atoms with Crippen LogP contribution in [-0.4, -0.2) is 46.2 Å². The molecule has 3 aliphatic rings. The molecule has 3 fully saturated rings. The number of hydrogen-bond donors (Lipinski definition) is 2. The molecular formula is C14H23NO4. The third-order valence-electron chi connectivity index (χ3n) is 5.46. The average Bonchev–Trinajstić information content (AvgIpc) is 2.26. The highest BCUT2D eigenvalue weighted by Crippen LogP contribution is 2.61. The minimum Gasteiger partial charge on any atom is -0.480 e. The standard InChI is InChI=1S/C14H23NO4/c1-8-10-4-9(14(10,2)3)5-11(8)15(6-12(16)17)7-13(18)19/h8-11H,4-7H2,1-3H3,(H,16,17)(H,18,19)/t8?,9-,10?,11+/m0/s1. The van der Waals surface area contributed by atoms with Gasteiger partial charge in [-0.1, -0.05) is 20.8 Å². The smallest absolute Gasteiger partial charge is 0.317 e. The number of fused-ring (bicyclic) bond motifs is 2. The van der Waals surface area contributed by atoms with E-state index in [1.165, 1.54) is 6.42 Å². The highest BCUT2D eigenvalue weighted by Gasteiger charge is 2.57. The fraction of sp³-hybridized carbons (Fsp3) is 0.857. The van der Waals surface area contributed by atoms with Crippen LogP contribution in [0.25, 0.3) is 0 Å². The predicted molar refractivity (Wildman–Crippen MR) is 69.8 cm³/mol. The monoisotopic (exact) mass is 269 g/mol. The maximum absolute atomic E-state index is 10.9. The van der Waals surface area contributed by atoms with E-state index >= 15 is 0 Å². The molecule has 3 saturated carbocycles. The number of rotatable bonds is 5. The maximum Gasteiger partial charge on any atom is 0.317 e. The minimum atomic E-state index is -0.952. The summed E-state index contributed by atoms with van der Waals surface area (Å²) in [5.41, 5.74) is 0.327. The number of carbonyl (C=O) groups is 2. The number of nitrogens with zero attached hydrogens (tertiary/aromatic N) is 1. The lowest BCUT2D eigenvalue weighted by molar-refractivity contribution is -0.157. The number of carboxylic acids is 2. The first-order valence-electron chi connectivity index (χ1n) is 6.91. The zero-order chi connectivity index (χ0) is 14.4. The molecule has 0 radical (unpaired) electrons. The van der Waals surface area contributed by atoms with E-state index in [0.717, 1.165) is 6.42 Å². The van der Waals surface area contributed by atoms with Gasteiger partial charge in [-0.05, 0) is 36.0 Å². The summed E-state index contributed by atoms with van der Waals surface area (Å²) < 4.78 is 0. The van der Waals surface area contributed by atoms with Crippen LogP contribution in [0.4, 0.5) is 0 Å². The van der Waals surface area contributed by atoms with Gasteiger partial charge in [0, 0.05) is 6.04 Å². The van der Waals surface area contributed by atoms with Crippen LogP contribution in [0.1, 0.15) is 33.6 Å². The topological polar surface area (TPSA) is 77.8 Å². The lowest BCUT2D eigenvalue weighted by atomic mass is 9.44. The Labute approximate surface area is 113 Å². The Morgan fingerprint density at radius 3 is 2.05 bits per heavy atom. The van der Waals surface area contributed by atoms with Crippen LogP contribution in [0.2, 0.25) is 0 Å². The zero-order valence-electron chi connectivity index (χ0n) is 11.8. The van der Waals surface area contributed by atoms with Gasteiger partial charge in [-0.3, -0.25) is 14.5 Å². The van der Waals surface area contributed by atoms with Gasteiger partial charge < -0.3 is 10.2 Å². The highest BCUT2D eigenvalue weighted by molar-refractivity contribution is 5.72. The van der Waals surface area contributed by atoms with Crippen molar-refractivity contribution in [3.05, 3.63) is 0 Å². The van der Waals surface area contributed by atoms with Crippen LogP contribution in [-0.2, 0) is 9.59 Å². The minimum absolute atomic E-state index is 0.0870. The summed E-state index contributed by atoms with van der Waals surface area (Å²) in [4.78, 5) is 23.5. The summed E-state index contributed by atoms with van der Waals surface area (Å²) in [6.45, 7) is 6.33. The van der Waals surface area contributed by atoms with Crippen LogP contribution in [0.3, 0.4) is 0 Å². The molecule has 19 heavy (non-hydrogen) atoms. The van der Waals surface area contributed by atoms with E-state index in [0.29, 0.717) is 23.2 Å². The van der Waals surface area contributed by atoms with Gasteiger partial charge in [-0.15, -0.1) is 0 Å². The molecule has 0 aliphatic heterocycles. The molecule has 108 valence electrons. The summed E-state index contributed by atoms with van der Waals surface area (Å²) in [6, 6.07) is 0.0870. The van der Waals surface area contributed by atoms with E-state index in [-0.39, 0.29) is 19.1 Å². The number of hydrogen-bond acceptors (Lipinski definition) is 3. The largest absolute Gasteiger partial charge is 0.480 e. The Kier molecular flexibility index (Phi) is 3.60. The first-order chi connectivity index (χ1) is 8.73. The Balaban J connectivity index is 2.10. The van der Waals surface area contributed by atoms with Crippen molar-refractivity contribution < 1.29 is 19.8 Å². The van der Waals surface area contributed by atoms with E-state index in [4.69, 9.17) is 10.2 Å². The quantitative estimate of drug-likeness (QED) is 0.791. The van der Waals surface area contributed by atoms with Gasteiger partial charge in [0.25, 0.3) is 0 Å². The van der Waals surface area contributed by atoms with Gasteiger partial charge >= 0.3 is 11.9 Å². The van der Waals surface area contributed by atoms with Gasteiger partial charge in [0.2, 0.25) is 0 Å². The second kappa shape index (κ2) is 4.78. The van der Waals surface area contributed by atoms with Gasteiger partial charge in [0.05, 0.1) is 13.1 Å². The second-order valence-electron chi connectivity index (χ2n) is 6.72. The first kappa shape index (κ1) is 14.3. The molecule has 0 spiro atoms. The lowest BCUT2D eigenvalue weighted by Gasteiger charge is -2.63. The molecule has 2 bridgehead atoms. The Morgan fingerprint density at radius 2 is 1.68 bits per heavy atom. The van der Waals surface area contributed by atoms with Crippen molar-refractivity contribution >= 4 is 11.9 Å². The third-order valence-corrected chi connectivity index (χ3v) is 5.46. The first-order valence-corrected chi connectivity index (χ1v) is 6.91. The molecule has 0 aromatic heterocycles. The van der Waals surface area contributed by atoms with Gasteiger partial charge in [0.1, 0.15) is 0 Å². The fourth-order valence-corrected chi connectivity index (χ4v) is 4.24. The Morgan fingerprint density at radius 1 is 1.16 bits per heavy atom. The lowest BCUT2D eigenvalue weighted by Crippen LogP contribution is -2.61. The summed E-state index contributed by atoms with van der Waals surface area (Å²) in [7, 11) is 0. The average molecular weight is 269 g/mol. The Bertz CT molecular complexity index is 377. The van der Waals surface area contributed by atoms with Crippen LogP contribution in [0, 0.1) is 23.2 Å². The van der Waals surface area contributed by atoms with Crippen LogP contribution in [0.15, 0.2) is 0 Å². The SMILES string of the molecule is CC1C2C[C@@H](C[C@H]1N(CC(=O)O)CC(=O)O)C2(C)C. The molecule has 2 N–H and O–H groups in total. The summed E-state index contributed by atoms with van der Waals surface area (Å²) in [5.74, 6) is -0.359. The van der Waals surface area contributed by atoms with E-state index in [1.807, 2.05) is 0 Å². The predicted octanol–water partition coefficient (Wildman–Crippen LogP) is 1.53. The molecule has 2 unspecified atom stereocenters. The van der Waals surface area contributed by atoms with Crippen molar-refractivity contribution in [3.8, 4) is 0 Å². The van der Waals surface area contributed by atoms with Crippen LogP contribution in [0.5, 0.6) is 0 Å². The van der Waals surface area contributed by atoms with Crippen molar-refractivity contribution in [2.24, 2.45) is 23.2 Å². The van der Waals surface area contributed by atoms with E-state index in [2.05, 4.69) is 20.8 Å². The van der Waals surface area contributed by atoms with Crippen molar-refractivity contribution in [2.45, 2.75) is 39.7 Å². The molecule has 5 nitrogen and oxygen atoms in total. The molecule has 0 heterocycles. The van der Waals surface area contributed by atoms with Crippen molar-refractivity contribution in [3.63, 3.8) is 0 Å². The van der Waals surface area contributed by atoms with Gasteiger partial charge in [-0.2, -0.15) is 0 Å². The van der Waals surface area contributed by atoms with E-state index < -0.39 is 11.9 Å². The molecular weight excluding hydrogens is 246 g/mol. The molecule has 3 aliphatic carbocycles. The maximum atomic E-state index is 10.9. The molecule has 4 atom stereocenters. The summed E-state index contributed by atoms with van der Waals surface area (Å²) in [6.07, 6.45) is 2.13. The molecule has 3 rings (SSSR count). The molecule has 0 saturated heterocycles. The van der Waals surface area contributed by atoms with E-state index in [1.54, 1.807) is 4.90 Å². The van der Waals surface area contributed by atoms with Crippen LogP contribution >= 0.6 is 0 Å². The van der Waals surface area contributed by atoms with Gasteiger partial charge in [0.15, 0.2) is 0 Å². The summed E-state index contributed by atoms with van der Waals surface area (Å²) in [5, 5.41) is 17.9. The zero-order valence-corrected chi connectivity index (χ0v) is 11.8. The van der Waals surface area contributed by atoms with Crippen molar-refractivity contribution in [1.29, 1.82) is 0 Å². The molecule has 0 aromatic carbocycles. The molecule has 0 aromatic rings. The number of carboxylic acid groups (broad SMARTS) is 2. The van der Waals surface area contributed by atoms with E-state index in [9.17, 15) is 9.59 Å². The number of aliphatic carboxylic acids is 2. The molecule has 0 amide bonds. The van der Waals surface area contributed by atoms with Gasteiger partial charge in [-0.25, -0.2) is 0 Å². The van der Waals surface area contributed by atoms with Crippen molar-refractivity contribution in [2.75, 3.05) is 13.1 Å². The second-order valence-corrected chi connectivity index (χ2v) is 6.72. The van der Waals surface area contributed by atoms with Crippen molar-refractivity contribution in [1.82, 2.24) is 4.90 Å².